The molecule has 1 aliphatic rings. The second-order valence-electron chi connectivity index (χ2n) is 10.4. The van der Waals surface area contributed by atoms with Crippen LogP contribution in [0.3, 0.4) is 0 Å². The van der Waals surface area contributed by atoms with Crippen molar-refractivity contribution in [3.63, 3.8) is 0 Å². The Morgan fingerprint density at radius 3 is 2.49 bits per heavy atom. The van der Waals surface area contributed by atoms with Crippen molar-refractivity contribution < 1.29 is 0 Å². The van der Waals surface area contributed by atoms with Crippen LogP contribution in [0.4, 0.5) is 5.69 Å². The van der Waals surface area contributed by atoms with Gasteiger partial charge >= 0.3 is 0 Å². The molecule has 0 saturated carbocycles. The molecule has 2 heterocycles. The number of hydrogen-bond acceptors (Lipinski definition) is 3. The van der Waals surface area contributed by atoms with Crippen LogP contribution in [0.5, 0.6) is 0 Å². The van der Waals surface area contributed by atoms with Crippen LogP contribution in [0, 0.1) is 29.1 Å². The van der Waals surface area contributed by atoms with Crippen LogP contribution in [0.1, 0.15) is 56.9 Å². The molecule has 182 valence electrons. The maximum atomic E-state index is 9.31. The number of anilines is 1. The number of likely N-dealkylation sites (tertiary alicyclic amines) is 1. The summed E-state index contributed by atoms with van der Waals surface area (Å²) in [5.41, 5.74) is 5.34. The van der Waals surface area contributed by atoms with E-state index in [-0.39, 0.29) is 0 Å². The minimum atomic E-state index is -0.474. The molecule has 3 aromatic rings. The average molecular weight is 467 g/mol. The van der Waals surface area contributed by atoms with E-state index in [0.29, 0.717) is 6.54 Å². The molecule has 0 spiro atoms. The summed E-state index contributed by atoms with van der Waals surface area (Å²) in [4.78, 5) is 2.45. The predicted molar refractivity (Wildman–Crippen MR) is 147 cm³/mol. The third-order valence-electron chi connectivity index (χ3n) is 7.44. The summed E-state index contributed by atoms with van der Waals surface area (Å²) in [7, 11) is 2.23. The first-order chi connectivity index (χ1) is 16.9. The molecule has 4 rings (SSSR count). The monoisotopic (exact) mass is 466 g/mol. The van der Waals surface area contributed by atoms with Gasteiger partial charge in [-0.05, 0) is 120 Å². The Kier molecular flexibility index (Phi) is 7.84. The van der Waals surface area contributed by atoms with Gasteiger partial charge in [-0.3, -0.25) is 0 Å². The Bertz CT molecular complexity index is 1240. The van der Waals surface area contributed by atoms with E-state index in [0.717, 1.165) is 35.8 Å². The van der Waals surface area contributed by atoms with E-state index in [9.17, 15) is 5.26 Å². The fraction of sp³-hybridized carbons (Fsp3) is 0.452. The van der Waals surface area contributed by atoms with Gasteiger partial charge in [0.05, 0.1) is 23.7 Å². The van der Waals surface area contributed by atoms with Gasteiger partial charge in [0.15, 0.2) is 0 Å². The predicted octanol–water partition coefficient (Wildman–Crippen LogP) is 6.20. The van der Waals surface area contributed by atoms with Crippen molar-refractivity contribution in [1.82, 2.24) is 9.47 Å². The van der Waals surface area contributed by atoms with Crippen molar-refractivity contribution in [1.29, 1.82) is 5.26 Å². The van der Waals surface area contributed by atoms with Gasteiger partial charge in [0.1, 0.15) is 0 Å². The molecule has 1 aliphatic heterocycles. The van der Waals surface area contributed by atoms with Crippen molar-refractivity contribution in [3.8, 4) is 17.9 Å². The van der Waals surface area contributed by atoms with Crippen LogP contribution >= 0.6 is 0 Å². The normalized spacial score (nSPS) is 14.9. The van der Waals surface area contributed by atoms with Crippen LogP contribution in [-0.4, -0.2) is 36.1 Å². The van der Waals surface area contributed by atoms with Crippen LogP contribution in [-0.2, 0) is 18.4 Å². The highest BCUT2D eigenvalue weighted by Crippen LogP contribution is 2.26. The van der Waals surface area contributed by atoms with Crippen molar-refractivity contribution in [3.05, 3.63) is 65.4 Å². The lowest BCUT2D eigenvalue weighted by atomic mass is 9.86. The Hall–Kier alpha value is -3.21. The van der Waals surface area contributed by atoms with Crippen LogP contribution in [0.25, 0.3) is 10.9 Å². The van der Waals surface area contributed by atoms with Gasteiger partial charge in [0.2, 0.25) is 0 Å². The number of aromatic nitrogens is 1. The molecule has 0 amide bonds. The molecular formula is C31H38N4. The summed E-state index contributed by atoms with van der Waals surface area (Å²) >= 11 is 0. The second-order valence-corrected chi connectivity index (χ2v) is 10.4. The van der Waals surface area contributed by atoms with Gasteiger partial charge < -0.3 is 14.8 Å². The van der Waals surface area contributed by atoms with Crippen LogP contribution in [0.15, 0.2) is 48.5 Å². The molecule has 2 aromatic carbocycles. The minimum absolute atomic E-state index is 0.474. The van der Waals surface area contributed by atoms with Gasteiger partial charge in [-0.1, -0.05) is 24.1 Å². The van der Waals surface area contributed by atoms with Gasteiger partial charge in [-0.2, -0.15) is 5.26 Å². The molecule has 0 unspecified atom stereocenters. The zero-order valence-corrected chi connectivity index (χ0v) is 21.7. The number of rotatable bonds is 7. The van der Waals surface area contributed by atoms with E-state index in [1.807, 2.05) is 38.1 Å². The first-order valence-electron chi connectivity index (χ1n) is 12.9. The van der Waals surface area contributed by atoms with E-state index >= 15 is 0 Å². The highest BCUT2D eigenvalue weighted by atomic mass is 15.1. The maximum Gasteiger partial charge on any atom is 0.0931 e. The SMILES string of the molecule is CCn1c(C#CCNc2ccc(C(C)(C)C#N)cc2)cc2cc(CCC3CCN(C)CC3)ccc21. The van der Waals surface area contributed by atoms with Crippen LogP contribution in [0.2, 0.25) is 0 Å². The topological polar surface area (TPSA) is 44.0 Å². The zero-order valence-electron chi connectivity index (χ0n) is 21.7. The molecule has 35 heavy (non-hydrogen) atoms. The Balaban J connectivity index is 1.39. The molecular weight excluding hydrogens is 428 g/mol. The second kappa shape index (κ2) is 11.0. The average Bonchev–Trinajstić information content (AvgIpc) is 3.23. The van der Waals surface area contributed by atoms with Crippen molar-refractivity contribution in [2.45, 2.75) is 58.4 Å². The van der Waals surface area contributed by atoms with Gasteiger partial charge in [0.25, 0.3) is 0 Å². The summed E-state index contributed by atoms with van der Waals surface area (Å²) in [6.07, 6.45) is 5.12. The van der Waals surface area contributed by atoms with Crippen molar-refractivity contribution in [2.75, 3.05) is 32.0 Å². The molecule has 0 atom stereocenters. The Labute approximate surface area is 210 Å². The molecule has 0 aliphatic carbocycles. The number of nitriles is 1. The number of hydrogen-bond donors (Lipinski definition) is 1. The van der Waals surface area contributed by atoms with E-state index in [1.165, 1.54) is 48.8 Å². The Morgan fingerprint density at radius 2 is 1.80 bits per heavy atom. The summed E-state index contributed by atoms with van der Waals surface area (Å²) in [6, 6.07) is 19.6. The summed E-state index contributed by atoms with van der Waals surface area (Å²) in [6.45, 7) is 10.0. The van der Waals surface area contributed by atoms with Gasteiger partial charge in [0, 0.05) is 23.1 Å². The highest BCUT2D eigenvalue weighted by Gasteiger charge is 2.19. The quantitative estimate of drug-likeness (QED) is 0.422. The van der Waals surface area contributed by atoms with E-state index in [2.05, 4.69) is 70.9 Å². The van der Waals surface area contributed by atoms with Crippen molar-refractivity contribution in [2.24, 2.45) is 5.92 Å². The number of benzene rings is 2. The van der Waals surface area contributed by atoms with Gasteiger partial charge in [-0.15, -0.1) is 0 Å². The minimum Gasteiger partial charge on any atom is -0.374 e. The van der Waals surface area contributed by atoms with Gasteiger partial charge in [-0.25, -0.2) is 0 Å². The van der Waals surface area contributed by atoms with E-state index < -0.39 is 5.41 Å². The smallest absolute Gasteiger partial charge is 0.0931 e. The zero-order chi connectivity index (χ0) is 24.8. The fourth-order valence-electron chi connectivity index (χ4n) is 4.99. The standard InChI is InChI=1S/C31H38N4/c1-5-35-29(7-6-18-33-28-13-11-27(12-14-28)31(2,3)23-32)22-26-21-25(10-15-30(26)35)9-8-24-16-19-34(4)20-17-24/h10-15,21-22,24,33H,5,8-9,16-20H2,1-4H3. The molecule has 4 nitrogen and oxygen atoms in total. The number of fused-ring (bicyclic) bond motifs is 1. The van der Waals surface area contributed by atoms with E-state index in [4.69, 9.17) is 0 Å². The lowest BCUT2D eigenvalue weighted by molar-refractivity contribution is 0.212. The third-order valence-corrected chi connectivity index (χ3v) is 7.44. The largest absolute Gasteiger partial charge is 0.374 e. The molecule has 1 aromatic heterocycles. The maximum absolute atomic E-state index is 9.31. The number of nitrogens with one attached hydrogen (secondary N) is 1. The molecule has 0 bridgehead atoms. The fourth-order valence-corrected chi connectivity index (χ4v) is 4.99. The number of piperidine rings is 1. The highest BCUT2D eigenvalue weighted by molar-refractivity contribution is 5.83. The lowest BCUT2D eigenvalue weighted by Gasteiger charge is -2.28. The summed E-state index contributed by atoms with van der Waals surface area (Å²) < 4.78 is 2.31. The molecule has 1 saturated heterocycles. The number of nitrogens with zero attached hydrogens (tertiary/aromatic N) is 3. The molecule has 4 heteroatoms. The van der Waals surface area contributed by atoms with Crippen LogP contribution < -0.4 is 5.32 Å². The first-order valence-corrected chi connectivity index (χ1v) is 12.9. The Morgan fingerprint density at radius 1 is 1.06 bits per heavy atom. The molecule has 0 radical (unpaired) electrons. The van der Waals surface area contributed by atoms with Crippen molar-refractivity contribution >= 4 is 16.6 Å². The summed E-state index contributed by atoms with van der Waals surface area (Å²) in [5.74, 6) is 7.53. The third kappa shape index (κ3) is 6.08. The lowest BCUT2D eigenvalue weighted by Crippen LogP contribution is -2.30. The molecule has 1 N–H and O–H groups in total. The van der Waals surface area contributed by atoms with E-state index in [1.54, 1.807) is 0 Å². The first kappa shape index (κ1) is 24.9. The molecule has 1 fully saturated rings. The number of aryl methyl sites for hydroxylation is 2. The summed E-state index contributed by atoms with van der Waals surface area (Å²) in [5, 5.41) is 14.0.